The highest BCUT2D eigenvalue weighted by Crippen LogP contribution is 2.32. The van der Waals surface area contributed by atoms with Gasteiger partial charge in [0.1, 0.15) is 5.82 Å². The largest absolute Gasteiger partial charge is 0.416 e. The molecule has 0 saturated heterocycles. The zero-order chi connectivity index (χ0) is 18.4. The number of alkyl halides is 3. The number of hydrogen-bond acceptors (Lipinski definition) is 2. The standard InChI is InChI=1S/C16H20F4N4O.HI/c1-2-21-15(23-9-14(25)24-12-5-6-12)22-8-10-3-4-11(17)7-13(10)16(18,19)20;/h3-4,7,12H,2,5-6,8-9H2,1H3,(H,24,25)(H2,21,22,23);1H. The van der Waals surface area contributed by atoms with Crippen molar-refractivity contribution < 1.29 is 22.4 Å². The number of carbonyl (C=O) groups excluding carboxylic acids is 1. The summed E-state index contributed by atoms with van der Waals surface area (Å²) in [5.41, 5.74) is -1.20. The lowest BCUT2D eigenvalue weighted by Crippen LogP contribution is -2.43. The van der Waals surface area contributed by atoms with Crippen molar-refractivity contribution in [3.63, 3.8) is 0 Å². The highest BCUT2D eigenvalue weighted by atomic mass is 127. The van der Waals surface area contributed by atoms with Gasteiger partial charge in [-0.05, 0) is 37.5 Å². The second-order valence-electron chi connectivity index (χ2n) is 5.69. The van der Waals surface area contributed by atoms with Crippen LogP contribution in [0.4, 0.5) is 17.6 Å². The van der Waals surface area contributed by atoms with Gasteiger partial charge in [0, 0.05) is 12.6 Å². The number of carbonyl (C=O) groups is 1. The summed E-state index contributed by atoms with van der Waals surface area (Å²) >= 11 is 0. The van der Waals surface area contributed by atoms with Crippen molar-refractivity contribution in [2.75, 3.05) is 13.1 Å². The van der Waals surface area contributed by atoms with Gasteiger partial charge in [0.25, 0.3) is 0 Å². The van der Waals surface area contributed by atoms with E-state index in [1.165, 1.54) is 0 Å². The lowest BCUT2D eigenvalue weighted by Gasteiger charge is -2.14. The fourth-order valence-corrected chi connectivity index (χ4v) is 2.13. The highest BCUT2D eigenvalue weighted by Gasteiger charge is 2.33. The number of amides is 1. The molecule has 146 valence electrons. The van der Waals surface area contributed by atoms with E-state index in [9.17, 15) is 22.4 Å². The van der Waals surface area contributed by atoms with Gasteiger partial charge < -0.3 is 16.0 Å². The number of rotatable bonds is 6. The van der Waals surface area contributed by atoms with E-state index in [0.717, 1.165) is 25.0 Å². The third-order valence-corrected chi connectivity index (χ3v) is 3.49. The van der Waals surface area contributed by atoms with E-state index in [4.69, 9.17) is 0 Å². The topological polar surface area (TPSA) is 65.5 Å². The minimum Gasteiger partial charge on any atom is -0.357 e. The zero-order valence-corrected chi connectivity index (χ0v) is 16.5. The van der Waals surface area contributed by atoms with Crippen molar-refractivity contribution in [2.24, 2.45) is 4.99 Å². The molecular weight excluding hydrogens is 467 g/mol. The van der Waals surface area contributed by atoms with Crippen LogP contribution in [0.5, 0.6) is 0 Å². The molecule has 10 heteroatoms. The summed E-state index contributed by atoms with van der Waals surface area (Å²) in [5.74, 6) is -0.946. The molecular formula is C16H21F4IN4O. The van der Waals surface area contributed by atoms with E-state index in [1.807, 2.05) is 0 Å². The molecule has 1 amide bonds. The molecule has 0 unspecified atom stereocenters. The summed E-state index contributed by atoms with van der Waals surface area (Å²) < 4.78 is 52.1. The Bertz CT molecular complexity index is 648. The summed E-state index contributed by atoms with van der Waals surface area (Å²) in [5, 5.41) is 8.40. The van der Waals surface area contributed by atoms with Gasteiger partial charge in [-0.3, -0.25) is 4.79 Å². The Kier molecular flexibility index (Phi) is 8.57. The molecule has 0 aromatic heterocycles. The molecule has 26 heavy (non-hydrogen) atoms. The second kappa shape index (κ2) is 9.93. The van der Waals surface area contributed by atoms with Crippen LogP contribution < -0.4 is 16.0 Å². The zero-order valence-electron chi connectivity index (χ0n) is 14.1. The Labute approximate surface area is 166 Å². The molecule has 1 aliphatic carbocycles. The van der Waals surface area contributed by atoms with Crippen LogP contribution in [0, 0.1) is 5.82 Å². The molecule has 5 nitrogen and oxygen atoms in total. The van der Waals surface area contributed by atoms with Gasteiger partial charge in [-0.2, -0.15) is 13.2 Å². The molecule has 3 N–H and O–H groups in total. The van der Waals surface area contributed by atoms with Gasteiger partial charge in [0.15, 0.2) is 5.96 Å². The van der Waals surface area contributed by atoms with Crippen LogP contribution in [-0.4, -0.2) is 31.0 Å². The van der Waals surface area contributed by atoms with E-state index in [2.05, 4.69) is 20.9 Å². The SMILES string of the molecule is CCNC(=NCc1ccc(F)cc1C(F)(F)F)NCC(=O)NC1CC1.I. The number of benzene rings is 1. The predicted octanol–water partition coefficient (Wildman–Crippen LogP) is 2.80. The van der Waals surface area contributed by atoms with Gasteiger partial charge in [-0.15, -0.1) is 24.0 Å². The molecule has 1 aromatic carbocycles. The first-order chi connectivity index (χ1) is 11.8. The van der Waals surface area contributed by atoms with Gasteiger partial charge in [-0.25, -0.2) is 9.38 Å². The Hall–Kier alpha value is -1.59. The average Bonchev–Trinajstić information content (AvgIpc) is 3.34. The maximum Gasteiger partial charge on any atom is 0.416 e. The number of nitrogens with one attached hydrogen (secondary N) is 3. The molecule has 1 saturated carbocycles. The molecule has 1 fully saturated rings. The molecule has 1 aromatic rings. The van der Waals surface area contributed by atoms with E-state index in [0.29, 0.717) is 12.6 Å². The minimum atomic E-state index is -4.66. The van der Waals surface area contributed by atoms with Crippen LogP contribution in [0.1, 0.15) is 30.9 Å². The summed E-state index contributed by atoms with van der Waals surface area (Å²) in [6.45, 7) is 1.94. The molecule has 1 aliphatic rings. The Morgan fingerprint density at radius 2 is 1.96 bits per heavy atom. The number of hydrogen-bond donors (Lipinski definition) is 3. The van der Waals surface area contributed by atoms with E-state index >= 15 is 0 Å². The maximum absolute atomic E-state index is 13.1. The van der Waals surface area contributed by atoms with E-state index in [-0.39, 0.29) is 60.5 Å². The third-order valence-electron chi connectivity index (χ3n) is 3.49. The number of aliphatic imine (C=N–C) groups is 1. The quantitative estimate of drug-likeness (QED) is 0.250. The van der Waals surface area contributed by atoms with Crippen LogP contribution in [0.25, 0.3) is 0 Å². The molecule has 2 rings (SSSR count). The van der Waals surface area contributed by atoms with Crippen molar-refractivity contribution in [3.8, 4) is 0 Å². The number of guanidine groups is 1. The number of nitrogens with zero attached hydrogens (tertiary/aromatic N) is 1. The lowest BCUT2D eigenvalue weighted by molar-refractivity contribution is -0.138. The number of halogens is 5. The van der Waals surface area contributed by atoms with Crippen LogP contribution in [0.15, 0.2) is 23.2 Å². The first-order valence-corrected chi connectivity index (χ1v) is 7.96. The Morgan fingerprint density at radius 1 is 1.27 bits per heavy atom. The van der Waals surface area contributed by atoms with Crippen molar-refractivity contribution in [1.82, 2.24) is 16.0 Å². The minimum absolute atomic E-state index is 0. The van der Waals surface area contributed by atoms with Crippen LogP contribution in [0.3, 0.4) is 0 Å². The van der Waals surface area contributed by atoms with Crippen LogP contribution in [0.2, 0.25) is 0 Å². The van der Waals surface area contributed by atoms with Gasteiger partial charge in [0.2, 0.25) is 5.91 Å². The lowest BCUT2D eigenvalue weighted by atomic mass is 10.1. The smallest absolute Gasteiger partial charge is 0.357 e. The maximum atomic E-state index is 13.1. The van der Waals surface area contributed by atoms with Crippen molar-refractivity contribution in [2.45, 2.75) is 38.5 Å². The van der Waals surface area contributed by atoms with Crippen molar-refractivity contribution >= 4 is 35.8 Å². The monoisotopic (exact) mass is 488 g/mol. The first kappa shape index (κ1) is 22.5. The first-order valence-electron chi connectivity index (χ1n) is 7.96. The highest BCUT2D eigenvalue weighted by molar-refractivity contribution is 14.0. The van der Waals surface area contributed by atoms with Gasteiger partial charge in [0.05, 0.1) is 18.7 Å². The Balaban J connectivity index is 0.00000338. The molecule has 0 heterocycles. The van der Waals surface area contributed by atoms with E-state index in [1.54, 1.807) is 6.92 Å². The normalized spacial score (nSPS) is 14.4. The summed E-state index contributed by atoms with van der Waals surface area (Å²) in [6.07, 6.45) is -2.74. The molecule has 0 aliphatic heterocycles. The van der Waals surface area contributed by atoms with Gasteiger partial charge >= 0.3 is 6.18 Å². The van der Waals surface area contributed by atoms with Crippen LogP contribution >= 0.6 is 24.0 Å². The van der Waals surface area contributed by atoms with Gasteiger partial charge in [-0.1, -0.05) is 6.07 Å². The summed E-state index contributed by atoms with van der Waals surface area (Å²) in [7, 11) is 0. The van der Waals surface area contributed by atoms with Crippen molar-refractivity contribution in [1.29, 1.82) is 0 Å². The third kappa shape index (κ3) is 7.34. The fourth-order valence-electron chi connectivity index (χ4n) is 2.13. The summed E-state index contributed by atoms with van der Waals surface area (Å²) in [4.78, 5) is 15.7. The molecule has 0 bridgehead atoms. The molecule has 0 spiro atoms. The molecule has 0 atom stereocenters. The van der Waals surface area contributed by atoms with Crippen LogP contribution in [-0.2, 0) is 17.5 Å². The average molecular weight is 488 g/mol. The summed E-state index contributed by atoms with van der Waals surface area (Å²) in [6, 6.07) is 2.70. The second-order valence-corrected chi connectivity index (χ2v) is 5.69. The Morgan fingerprint density at radius 3 is 2.54 bits per heavy atom. The van der Waals surface area contributed by atoms with E-state index < -0.39 is 17.6 Å². The predicted molar refractivity (Wildman–Crippen MR) is 101 cm³/mol. The van der Waals surface area contributed by atoms with Crippen molar-refractivity contribution in [3.05, 3.63) is 35.1 Å². The fraction of sp³-hybridized carbons (Fsp3) is 0.500. The molecule has 0 radical (unpaired) electrons.